The molecule has 0 aromatic heterocycles. The second kappa shape index (κ2) is 4.19. The standard InChI is InChI=1S/C14H13Br/c1-10-6-5-8-12(11(10)2)13-7-3-4-9-14(13)15/h3-9H,1-2H3. The summed E-state index contributed by atoms with van der Waals surface area (Å²) in [5, 5.41) is 0. The van der Waals surface area contributed by atoms with Gasteiger partial charge in [0.05, 0.1) is 0 Å². The van der Waals surface area contributed by atoms with Crippen LogP contribution in [0.3, 0.4) is 0 Å². The predicted molar refractivity (Wildman–Crippen MR) is 69.1 cm³/mol. The molecule has 0 amide bonds. The first kappa shape index (κ1) is 10.4. The molecular formula is C14H13Br. The molecule has 0 aliphatic heterocycles. The number of rotatable bonds is 1. The van der Waals surface area contributed by atoms with Crippen molar-refractivity contribution in [2.24, 2.45) is 0 Å². The molecule has 0 bridgehead atoms. The van der Waals surface area contributed by atoms with Crippen molar-refractivity contribution >= 4 is 15.9 Å². The fraction of sp³-hybridized carbons (Fsp3) is 0.143. The van der Waals surface area contributed by atoms with Gasteiger partial charge in [0, 0.05) is 4.47 Å². The summed E-state index contributed by atoms with van der Waals surface area (Å²) in [7, 11) is 0. The molecule has 76 valence electrons. The first-order chi connectivity index (χ1) is 7.20. The van der Waals surface area contributed by atoms with E-state index in [0.717, 1.165) is 4.47 Å². The number of aryl methyl sites for hydroxylation is 1. The zero-order valence-corrected chi connectivity index (χ0v) is 10.5. The highest BCUT2D eigenvalue weighted by Crippen LogP contribution is 2.31. The van der Waals surface area contributed by atoms with E-state index in [1.54, 1.807) is 0 Å². The lowest BCUT2D eigenvalue weighted by Crippen LogP contribution is -1.87. The van der Waals surface area contributed by atoms with E-state index in [4.69, 9.17) is 0 Å². The minimum absolute atomic E-state index is 1.15. The molecule has 0 atom stereocenters. The van der Waals surface area contributed by atoms with Crippen LogP contribution in [0.2, 0.25) is 0 Å². The summed E-state index contributed by atoms with van der Waals surface area (Å²) in [5.74, 6) is 0. The zero-order valence-electron chi connectivity index (χ0n) is 8.92. The second-order valence-electron chi connectivity index (χ2n) is 3.73. The molecule has 0 nitrogen and oxygen atoms in total. The summed E-state index contributed by atoms with van der Waals surface area (Å²) < 4.78 is 1.15. The Bertz CT molecular complexity index is 486. The predicted octanol–water partition coefficient (Wildman–Crippen LogP) is 4.73. The van der Waals surface area contributed by atoms with E-state index in [-0.39, 0.29) is 0 Å². The fourth-order valence-electron chi connectivity index (χ4n) is 1.72. The molecule has 2 aromatic rings. The first-order valence-electron chi connectivity index (χ1n) is 5.01. The van der Waals surface area contributed by atoms with Crippen LogP contribution in [0.4, 0.5) is 0 Å². The van der Waals surface area contributed by atoms with E-state index in [1.165, 1.54) is 22.3 Å². The summed E-state index contributed by atoms with van der Waals surface area (Å²) in [4.78, 5) is 0. The highest BCUT2D eigenvalue weighted by molar-refractivity contribution is 9.10. The van der Waals surface area contributed by atoms with Gasteiger partial charge < -0.3 is 0 Å². The van der Waals surface area contributed by atoms with Crippen molar-refractivity contribution in [3.05, 3.63) is 58.1 Å². The average Bonchev–Trinajstić information content (AvgIpc) is 2.23. The first-order valence-corrected chi connectivity index (χ1v) is 5.80. The molecule has 2 aromatic carbocycles. The minimum Gasteiger partial charge on any atom is -0.0616 e. The average molecular weight is 261 g/mol. The molecule has 0 aliphatic carbocycles. The van der Waals surface area contributed by atoms with Crippen molar-refractivity contribution in [2.75, 3.05) is 0 Å². The molecule has 0 saturated carbocycles. The largest absolute Gasteiger partial charge is 0.0616 e. The lowest BCUT2D eigenvalue weighted by Gasteiger charge is -2.10. The molecule has 0 fully saturated rings. The maximum absolute atomic E-state index is 3.59. The maximum Gasteiger partial charge on any atom is 0.0253 e. The van der Waals surface area contributed by atoms with Crippen molar-refractivity contribution in [1.29, 1.82) is 0 Å². The Morgan fingerprint density at radius 2 is 1.47 bits per heavy atom. The van der Waals surface area contributed by atoms with Crippen molar-refractivity contribution in [2.45, 2.75) is 13.8 Å². The Morgan fingerprint density at radius 1 is 0.800 bits per heavy atom. The third kappa shape index (κ3) is 1.98. The van der Waals surface area contributed by atoms with E-state index in [1.807, 2.05) is 6.07 Å². The van der Waals surface area contributed by atoms with Gasteiger partial charge in [-0.3, -0.25) is 0 Å². The Labute approximate surface area is 99.1 Å². The van der Waals surface area contributed by atoms with Crippen molar-refractivity contribution in [1.82, 2.24) is 0 Å². The molecule has 0 N–H and O–H groups in total. The van der Waals surface area contributed by atoms with Crippen LogP contribution in [0.5, 0.6) is 0 Å². The highest BCUT2D eigenvalue weighted by atomic mass is 79.9. The molecule has 15 heavy (non-hydrogen) atoms. The van der Waals surface area contributed by atoms with E-state index >= 15 is 0 Å². The maximum atomic E-state index is 3.59. The monoisotopic (exact) mass is 260 g/mol. The smallest absolute Gasteiger partial charge is 0.0253 e. The summed E-state index contributed by atoms with van der Waals surface area (Å²) in [6.45, 7) is 4.32. The van der Waals surface area contributed by atoms with Gasteiger partial charge in [-0.25, -0.2) is 0 Å². The van der Waals surface area contributed by atoms with Crippen LogP contribution in [0.15, 0.2) is 46.9 Å². The lowest BCUT2D eigenvalue weighted by atomic mass is 9.97. The number of halogens is 1. The molecule has 0 aliphatic rings. The van der Waals surface area contributed by atoms with Crippen LogP contribution in [-0.2, 0) is 0 Å². The second-order valence-corrected chi connectivity index (χ2v) is 4.58. The number of hydrogen-bond acceptors (Lipinski definition) is 0. The Morgan fingerprint density at radius 3 is 2.20 bits per heavy atom. The fourth-order valence-corrected chi connectivity index (χ4v) is 2.22. The van der Waals surface area contributed by atoms with Crippen LogP contribution in [0.1, 0.15) is 11.1 Å². The molecule has 2 rings (SSSR count). The minimum atomic E-state index is 1.15. The van der Waals surface area contributed by atoms with Gasteiger partial charge in [0.25, 0.3) is 0 Å². The van der Waals surface area contributed by atoms with Crippen molar-refractivity contribution < 1.29 is 0 Å². The Balaban J connectivity index is 2.65. The highest BCUT2D eigenvalue weighted by Gasteiger charge is 2.05. The summed E-state index contributed by atoms with van der Waals surface area (Å²) in [6.07, 6.45) is 0. The lowest BCUT2D eigenvalue weighted by molar-refractivity contribution is 1.34. The summed E-state index contributed by atoms with van der Waals surface area (Å²) >= 11 is 3.59. The normalized spacial score (nSPS) is 10.3. The molecule has 0 saturated heterocycles. The molecule has 0 heterocycles. The van der Waals surface area contributed by atoms with Gasteiger partial charge in [0.1, 0.15) is 0 Å². The molecule has 0 radical (unpaired) electrons. The van der Waals surface area contributed by atoms with Crippen LogP contribution in [0.25, 0.3) is 11.1 Å². The van der Waals surface area contributed by atoms with Crippen LogP contribution in [0, 0.1) is 13.8 Å². The van der Waals surface area contributed by atoms with E-state index in [9.17, 15) is 0 Å². The van der Waals surface area contributed by atoms with Crippen LogP contribution >= 0.6 is 15.9 Å². The quantitative estimate of drug-likeness (QED) is 0.696. The molecule has 0 unspecified atom stereocenters. The van der Waals surface area contributed by atoms with Crippen LogP contribution < -0.4 is 0 Å². The Kier molecular flexibility index (Phi) is 2.92. The van der Waals surface area contributed by atoms with Gasteiger partial charge in [-0.2, -0.15) is 0 Å². The zero-order chi connectivity index (χ0) is 10.8. The molecular weight excluding hydrogens is 248 g/mol. The van der Waals surface area contributed by atoms with Gasteiger partial charge in [0.2, 0.25) is 0 Å². The number of hydrogen-bond donors (Lipinski definition) is 0. The third-order valence-corrected chi connectivity index (χ3v) is 3.46. The number of benzene rings is 2. The summed E-state index contributed by atoms with van der Waals surface area (Å²) in [6, 6.07) is 14.8. The van der Waals surface area contributed by atoms with Gasteiger partial charge in [-0.15, -0.1) is 0 Å². The van der Waals surface area contributed by atoms with E-state index in [2.05, 4.69) is 66.2 Å². The third-order valence-electron chi connectivity index (χ3n) is 2.77. The SMILES string of the molecule is Cc1cccc(-c2ccccc2Br)c1C. The molecule has 1 heteroatoms. The van der Waals surface area contributed by atoms with Gasteiger partial charge in [0.15, 0.2) is 0 Å². The summed E-state index contributed by atoms with van der Waals surface area (Å²) in [5.41, 5.74) is 5.26. The molecule has 0 spiro atoms. The van der Waals surface area contributed by atoms with Crippen molar-refractivity contribution in [3.8, 4) is 11.1 Å². The van der Waals surface area contributed by atoms with E-state index < -0.39 is 0 Å². The van der Waals surface area contributed by atoms with Crippen molar-refractivity contribution in [3.63, 3.8) is 0 Å². The van der Waals surface area contributed by atoms with Crippen LogP contribution in [-0.4, -0.2) is 0 Å². The van der Waals surface area contributed by atoms with Gasteiger partial charge >= 0.3 is 0 Å². The Hall–Kier alpha value is -1.08. The van der Waals surface area contributed by atoms with E-state index in [0.29, 0.717) is 0 Å². The van der Waals surface area contributed by atoms with Gasteiger partial charge in [-0.1, -0.05) is 52.3 Å². The van der Waals surface area contributed by atoms with Gasteiger partial charge in [-0.05, 0) is 42.2 Å². The topological polar surface area (TPSA) is 0 Å².